The zero-order chi connectivity index (χ0) is 15.8. The van der Waals surface area contributed by atoms with E-state index in [9.17, 15) is 9.59 Å². The van der Waals surface area contributed by atoms with E-state index in [2.05, 4.69) is 10.3 Å². The summed E-state index contributed by atoms with van der Waals surface area (Å²) < 4.78 is 5.26. The summed E-state index contributed by atoms with van der Waals surface area (Å²) in [5.74, 6) is 0.837. The third-order valence-corrected chi connectivity index (χ3v) is 5.04. The average molecular weight is 331 g/mol. The van der Waals surface area contributed by atoms with E-state index in [0.29, 0.717) is 24.1 Å². The van der Waals surface area contributed by atoms with E-state index in [0.717, 1.165) is 11.5 Å². The van der Waals surface area contributed by atoms with Crippen LogP contribution in [0.4, 0.5) is 5.13 Å². The molecule has 120 valence electrons. The van der Waals surface area contributed by atoms with Crippen LogP contribution in [0.1, 0.15) is 36.6 Å². The molecule has 7 heteroatoms. The number of carbonyl (C=O) groups is 2. The van der Waals surface area contributed by atoms with E-state index >= 15 is 0 Å². The summed E-state index contributed by atoms with van der Waals surface area (Å²) in [6, 6.07) is 3.62. The number of furan rings is 1. The van der Waals surface area contributed by atoms with Gasteiger partial charge in [0.25, 0.3) is 0 Å². The molecule has 0 bridgehead atoms. The quantitative estimate of drug-likeness (QED) is 0.914. The molecular weight excluding hydrogens is 314 g/mol. The molecule has 0 radical (unpaired) electrons. The molecular formula is C16H17N3O3S. The molecule has 23 heavy (non-hydrogen) atoms. The lowest BCUT2D eigenvalue weighted by molar-refractivity contribution is -0.128. The Bertz CT molecular complexity index is 721. The minimum atomic E-state index is -0.328. The number of likely N-dealkylation sites (tertiary alicyclic amines) is 1. The molecule has 0 aromatic carbocycles. The monoisotopic (exact) mass is 331 g/mol. The number of amides is 2. The molecule has 1 unspecified atom stereocenters. The molecule has 1 saturated carbocycles. The maximum Gasteiger partial charge on any atom is 0.231 e. The van der Waals surface area contributed by atoms with Gasteiger partial charge < -0.3 is 14.6 Å². The van der Waals surface area contributed by atoms with E-state index < -0.39 is 0 Å². The molecule has 2 aromatic heterocycles. The number of aromatic nitrogens is 1. The van der Waals surface area contributed by atoms with Crippen molar-refractivity contribution >= 4 is 28.3 Å². The minimum absolute atomic E-state index is 0.0145. The maximum atomic E-state index is 12.4. The first-order valence-corrected chi connectivity index (χ1v) is 8.63. The molecule has 2 amide bonds. The Morgan fingerprint density at radius 1 is 1.48 bits per heavy atom. The van der Waals surface area contributed by atoms with Gasteiger partial charge in [0, 0.05) is 24.3 Å². The predicted octanol–water partition coefficient (Wildman–Crippen LogP) is 2.60. The highest BCUT2D eigenvalue weighted by Crippen LogP contribution is 2.41. The Labute approximate surface area is 137 Å². The van der Waals surface area contributed by atoms with Gasteiger partial charge >= 0.3 is 0 Å². The molecule has 2 aromatic rings. The average Bonchev–Trinajstić information content (AvgIpc) is 2.93. The second-order valence-electron chi connectivity index (χ2n) is 6.10. The van der Waals surface area contributed by atoms with Crippen molar-refractivity contribution in [2.75, 3.05) is 11.9 Å². The lowest BCUT2D eigenvalue weighted by Crippen LogP contribution is -2.27. The molecule has 4 rings (SSSR count). The van der Waals surface area contributed by atoms with Gasteiger partial charge in [0.05, 0.1) is 24.4 Å². The fourth-order valence-electron chi connectivity index (χ4n) is 2.81. The van der Waals surface area contributed by atoms with Crippen LogP contribution in [0.15, 0.2) is 28.2 Å². The van der Waals surface area contributed by atoms with Crippen molar-refractivity contribution in [1.82, 2.24) is 9.88 Å². The first-order chi connectivity index (χ1) is 11.2. The number of rotatable bonds is 5. The summed E-state index contributed by atoms with van der Waals surface area (Å²) in [5, 5.41) is 5.50. The summed E-state index contributed by atoms with van der Waals surface area (Å²) in [6.07, 6.45) is 4.21. The number of carbonyl (C=O) groups excluding carboxylic acids is 2. The topological polar surface area (TPSA) is 75.4 Å². The molecule has 2 fully saturated rings. The van der Waals surface area contributed by atoms with Crippen molar-refractivity contribution < 1.29 is 14.0 Å². The highest BCUT2D eigenvalue weighted by atomic mass is 32.1. The lowest BCUT2D eigenvalue weighted by atomic mass is 10.1. The molecule has 6 nitrogen and oxygen atoms in total. The molecule has 1 N–H and O–H groups in total. The van der Waals surface area contributed by atoms with Crippen LogP contribution in [0.25, 0.3) is 0 Å². The Kier molecular flexibility index (Phi) is 3.65. The van der Waals surface area contributed by atoms with E-state index in [-0.39, 0.29) is 24.2 Å². The van der Waals surface area contributed by atoms with Crippen LogP contribution in [0.3, 0.4) is 0 Å². The van der Waals surface area contributed by atoms with Gasteiger partial charge in [-0.3, -0.25) is 9.59 Å². The van der Waals surface area contributed by atoms with Crippen LogP contribution < -0.4 is 5.32 Å². The highest BCUT2D eigenvalue weighted by molar-refractivity contribution is 7.13. The molecule has 1 aliphatic carbocycles. The van der Waals surface area contributed by atoms with E-state index in [1.165, 1.54) is 24.2 Å². The van der Waals surface area contributed by atoms with Gasteiger partial charge in [-0.15, -0.1) is 11.3 Å². The van der Waals surface area contributed by atoms with Crippen molar-refractivity contribution in [1.29, 1.82) is 0 Å². The predicted molar refractivity (Wildman–Crippen MR) is 85.0 cm³/mol. The minimum Gasteiger partial charge on any atom is -0.467 e. The fraction of sp³-hybridized carbons (Fsp3) is 0.438. The van der Waals surface area contributed by atoms with Gasteiger partial charge in [-0.1, -0.05) is 0 Å². The summed E-state index contributed by atoms with van der Waals surface area (Å²) >= 11 is 1.45. The third-order valence-electron chi connectivity index (χ3n) is 4.26. The molecule has 1 saturated heterocycles. The molecule has 1 atom stereocenters. The number of hydrogen-bond donors (Lipinski definition) is 1. The standard InChI is InChI=1S/C16H17N3O3S/c20-14-6-11(7-19(14)8-12-2-1-5-22-12)15(21)18-16-17-13(9-23-16)10-3-4-10/h1-2,5,9-11H,3-4,6-8H2,(H,17,18,21). The second kappa shape index (κ2) is 5.81. The summed E-state index contributed by atoms with van der Waals surface area (Å²) in [7, 11) is 0. The van der Waals surface area contributed by atoms with Gasteiger partial charge in [0.15, 0.2) is 5.13 Å². The second-order valence-corrected chi connectivity index (χ2v) is 6.95. The molecule has 0 spiro atoms. The summed E-state index contributed by atoms with van der Waals surface area (Å²) in [4.78, 5) is 30.5. The number of anilines is 1. The fourth-order valence-corrected chi connectivity index (χ4v) is 3.60. The van der Waals surface area contributed by atoms with Gasteiger partial charge in [-0.05, 0) is 25.0 Å². The Morgan fingerprint density at radius 3 is 3.09 bits per heavy atom. The van der Waals surface area contributed by atoms with Crippen molar-refractivity contribution in [3.63, 3.8) is 0 Å². The van der Waals surface area contributed by atoms with Crippen molar-refractivity contribution in [2.24, 2.45) is 5.92 Å². The van der Waals surface area contributed by atoms with E-state index in [1.54, 1.807) is 17.2 Å². The number of hydrogen-bond acceptors (Lipinski definition) is 5. The highest BCUT2D eigenvalue weighted by Gasteiger charge is 2.35. The first kappa shape index (κ1) is 14.4. The lowest BCUT2D eigenvalue weighted by Gasteiger charge is -2.14. The number of nitrogens with zero attached hydrogens (tertiary/aromatic N) is 2. The SMILES string of the molecule is O=C(Nc1nc(C2CC2)cs1)C1CC(=O)N(Cc2ccco2)C1. The van der Waals surface area contributed by atoms with Crippen LogP contribution in [0, 0.1) is 5.92 Å². The summed E-state index contributed by atoms with van der Waals surface area (Å²) in [6.45, 7) is 0.838. The Balaban J connectivity index is 1.35. The molecule has 2 aliphatic rings. The van der Waals surface area contributed by atoms with E-state index in [1.807, 2.05) is 11.4 Å². The molecule has 3 heterocycles. The van der Waals surface area contributed by atoms with Gasteiger partial charge in [-0.2, -0.15) is 0 Å². The smallest absolute Gasteiger partial charge is 0.231 e. The summed E-state index contributed by atoms with van der Waals surface area (Å²) in [5.41, 5.74) is 1.08. The van der Waals surface area contributed by atoms with Crippen molar-refractivity contribution in [3.8, 4) is 0 Å². The van der Waals surface area contributed by atoms with Gasteiger partial charge in [0.1, 0.15) is 5.76 Å². The normalized spacial score (nSPS) is 21.0. The Hall–Kier alpha value is -2.15. The third kappa shape index (κ3) is 3.14. The van der Waals surface area contributed by atoms with Gasteiger partial charge in [-0.25, -0.2) is 4.98 Å². The van der Waals surface area contributed by atoms with E-state index in [4.69, 9.17) is 4.42 Å². The Morgan fingerprint density at radius 2 is 2.35 bits per heavy atom. The molecule has 1 aliphatic heterocycles. The van der Waals surface area contributed by atoms with Crippen LogP contribution in [-0.4, -0.2) is 28.2 Å². The van der Waals surface area contributed by atoms with Crippen molar-refractivity contribution in [3.05, 3.63) is 35.2 Å². The zero-order valence-electron chi connectivity index (χ0n) is 12.5. The largest absolute Gasteiger partial charge is 0.467 e. The van der Waals surface area contributed by atoms with Crippen LogP contribution >= 0.6 is 11.3 Å². The number of nitrogens with one attached hydrogen (secondary N) is 1. The maximum absolute atomic E-state index is 12.4. The van der Waals surface area contributed by atoms with Crippen LogP contribution in [-0.2, 0) is 16.1 Å². The van der Waals surface area contributed by atoms with Gasteiger partial charge in [0.2, 0.25) is 11.8 Å². The van der Waals surface area contributed by atoms with Crippen molar-refractivity contribution in [2.45, 2.75) is 31.7 Å². The van der Waals surface area contributed by atoms with Crippen LogP contribution in [0.5, 0.6) is 0 Å². The first-order valence-electron chi connectivity index (χ1n) is 7.75. The number of thiazole rings is 1. The van der Waals surface area contributed by atoms with Crippen LogP contribution in [0.2, 0.25) is 0 Å². The zero-order valence-corrected chi connectivity index (χ0v) is 13.3.